The van der Waals surface area contributed by atoms with Gasteiger partial charge in [0.2, 0.25) is 10.0 Å². The van der Waals surface area contributed by atoms with Crippen molar-refractivity contribution in [1.29, 1.82) is 0 Å². The molecule has 0 bridgehead atoms. The van der Waals surface area contributed by atoms with Gasteiger partial charge in [-0.15, -0.1) is 0 Å². The van der Waals surface area contributed by atoms with Crippen LogP contribution in [0.4, 0.5) is 22.0 Å². The predicted octanol–water partition coefficient (Wildman–Crippen LogP) is 8.10. The van der Waals surface area contributed by atoms with Crippen molar-refractivity contribution < 1.29 is 54.1 Å². The van der Waals surface area contributed by atoms with Crippen LogP contribution in [-0.2, 0) is 24.9 Å². The van der Waals surface area contributed by atoms with Crippen molar-refractivity contribution in [1.82, 2.24) is 4.72 Å². The molecule has 0 aliphatic carbocycles. The van der Waals surface area contributed by atoms with E-state index in [9.17, 15) is 30.4 Å². The summed E-state index contributed by atoms with van der Waals surface area (Å²) >= 11 is 0. The molecule has 1 aliphatic heterocycles. The third-order valence-electron chi connectivity index (χ3n) is 8.67. The summed E-state index contributed by atoms with van der Waals surface area (Å²) in [6.45, 7) is 2.57. The minimum Gasteiger partial charge on any atom is -0.492 e. The second kappa shape index (κ2) is 18.4. The molecule has 0 fully saturated rings. The Balaban J connectivity index is 1.47. The molecule has 2 aromatic carbocycles. The quantitative estimate of drug-likeness (QED) is 0.0751. The van der Waals surface area contributed by atoms with E-state index >= 15 is 0 Å². The standard InChI is InChI=1S/C34H48F5NO7S/c1-32(26-13-15-27(16-14-26)46-24-43-2)23-45-31-22-28(47-25-44-3)17-18-29(31)30(32)12-9-7-5-4-6-8-10-21-48(41,42)40-20-11-19-33(35,36)34(37,38)39/h13-18,22,30,40H,4-12,19-21,23-25H2,1-3H3/t30-,32-/m1/s1. The predicted molar refractivity (Wildman–Crippen MR) is 172 cm³/mol. The molecule has 1 heterocycles. The molecule has 0 amide bonds. The number of hydrogen-bond acceptors (Lipinski definition) is 7. The minimum absolute atomic E-state index is 0.141. The third kappa shape index (κ3) is 11.7. The first-order valence-electron chi connectivity index (χ1n) is 16.2. The lowest BCUT2D eigenvalue weighted by Gasteiger charge is -2.43. The number of unbranched alkanes of at least 4 members (excludes halogenated alkanes) is 6. The van der Waals surface area contributed by atoms with E-state index in [4.69, 9.17) is 23.7 Å². The number of methoxy groups -OCH3 is 2. The zero-order valence-corrected chi connectivity index (χ0v) is 28.7. The Bertz CT molecular complexity index is 1360. The summed E-state index contributed by atoms with van der Waals surface area (Å²) in [7, 11) is -0.593. The lowest BCUT2D eigenvalue weighted by molar-refractivity contribution is -0.284. The van der Waals surface area contributed by atoms with Crippen molar-refractivity contribution >= 4 is 10.0 Å². The van der Waals surface area contributed by atoms with Crippen LogP contribution in [0.3, 0.4) is 0 Å². The van der Waals surface area contributed by atoms with E-state index in [1.165, 1.54) is 0 Å². The van der Waals surface area contributed by atoms with E-state index in [0.717, 1.165) is 61.2 Å². The second-order valence-electron chi connectivity index (χ2n) is 12.4. The van der Waals surface area contributed by atoms with Crippen LogP contribution in [0, 0.1) is 0 Å². The SMILES string of the molecule is COCOc1ccc([C@@]2(C)COc3cc(OCOC)ccc3[C@H]2CCCCCCCCCS(=O)(=O)NCCCC(F)(F)C(F)(F)F)cc1. The fourth-order valence-corrected chi connectivity index (χ4v) is 7.09. The molecule has 0 radical (unpaired) electrons. The lowest BCUT2D eigenvalue weighted by atomic mass is 9.66. The second-order valence-corrected chi connectivity index (χ2v) is 14.3. The first-order valence-corrected chi connectivity index (χ1v) is 17.9. The van der Waals surface area contributed by atoms with E-state index in [1.807, 2.05) is 24.3 Å². The summed E-state index contributed by atoms with van der Waals surface area (Å²) in [6.07, 6.45) is -0.949. The Morgan fingerprint density at radius 1 is 0.833 bits per heavy atom. The van der Waals surface area contributed by atoms with Gasteiger partial charge in [-0.1, -0.05) is 63.6 Å². The van der Waals surface area contributed by atoms with Gasteiger partial charge in [0.1, 0.15) is 17.2 Å². The number of nitrogens with one attached hydrogen (secondary N) is 1. The first-order chi connectivity index (χ1) is 22.7. The maximum Gasteiger partial charge on any atom is 0.453 e. The summed E-state index contributed by atoms with van der Waals surface area (Å²) in [6, 6.07) is 13.9. The molecule has 8 nitrogen and oxygen atoms in total. The number of halogens is 5. The lowest BCUT2D eigenvalue weighted by Crippen LogP contribution is -2.40. The van der Waals surface area contributed by atoms with E-state index in [2.05, 4.69) is 29.8 Å². The molecule has 2 atom stereocenters. The molecule has 3 rings (SSSR count). The summed E-state index contributed by atoms with van der Waals surface area (Å²) < 4.78 is 117. The van der Waals surface area contributed by atoms with Gasteiger partial charge in [-0.25, -0.2) is 13.1 Å². The highest BCUT2D eigenvalue weighted by atomic mass is 32.2. The normalized spacial score (nSPS) is 18.3. The van der Waals surface area contributed by atoms with Crippen LogP contribution >= 0.6 is 0 Å². The van der Waals surface area contributed by atoms with Crippen molar-refractivity contribution in [3.8, 4) is 17.2 Å². The van der Waals surface area contributed by atoms with Gasteiger partial charge in [0.25, 0.3) is 0 Å². The van der Waals surface area contributed by atoms with Crippen LogP contribution < -0.4 is 18.9 Å². The van der Waals surface area contributed by atoms with E-state index in [1.54, 1.807) is 14.2 Å². The summed E-state index contributed by atoms with van der Waals surface area (Å²) in [5, 5.41) is 0. The number of rotatable bonds is 22. The zero-order valence-electron chi connectivity index (χ0n) is 27.9. The van der Waals surface area contributed by atoms with Gasteiger partial charge in [0.05, 0.1) is 12.4 Å². The van der Waals surface area contributed by atoms with Crippen molar-refractivity contribution in [2.45, 2.75) is 94.6 Å². The van der Waals surface area contributed by atoms with Gasteiger partial charge >= 0.3 is 12.1 Å². The molecular weight excluding hydrogens is 661 g/mol. The van der Waals surface area contributed by atoms with Gasteiger partial charge in [0, 0.05) is 44.6 Å². The Hall–Kier alpha value is -2.68. The molecule has 48 heavy (non-hydrogen) atoms. The summed E-state index contributed by atoms with van der Waals surface area (Å²) in [5.74, 6) is -2.65. The number of sulfonamides is 1. The minimum atomic E-state index is -5.64. The van der Waals surface area contributed by atoms with Crippen molar-refractivity contribution in [2.24, 2.45) is 0 Å². The number of ether oxygens (including phenoxy) is 5. The molecule has 0 unspecified atom stereocenters. The maximum atomic E-state index is 13.0. The Labute approximate surface area is 280 Å². The van der Waals surface area contributed by atoms with Crippen molar-refractivity contribution in [3.63, 3.8) is 0 Å². The molecule has 1 N–H and O–H groups in total. The highest BCUT2D eigenvalue weighted by Gasteiger charge is 2.56. The van der Waals surface area contributed by atoms with Crippen LogP contribution in [0.5, 0.6) is 17.2 Å². The highest BCUT2D eigenvalue weighted by molar-refractivity contribution is 7.89. The van der Waals surface area contributed by atoms with Gasteiger partial charge in [-0.2, -0.15) is 22.0 Å². The van der Waals surface area contributed by atoms with Crippen LogP contribution in [0.1, 0.15) is 88.2 Å². The van der Waals surface area contributed by atoms with Crippen LogP contribution in [0.25, 0.3) is 0 Å². The molecule has 0 spiro atoms. The molecule has 272 valence electrons. The molecule has 1 aliphatic rings. The van der Waals surface area contributed by atoms with E-state index in [-0.39, 0.29) is 30.7 Å². The molecule has 2 aromatic rings. The number of fused-ring (bicyclic) bond motifs is 1. The summed E-state index contributed by atoms with van der Waals surface area (Å²) in [4.78, 5) is 0. The molecule has 0 saturated heterocycles. The fraction of sp³-hybridized carbons (Fsp3) is 0.647. The Morgan fingerprint density at radius 2 is 1.42 bits per heavy atom. The Kier molecular flexibility index (Phi) is 15.2. The number of benzene rings is 2. The maximum absolute atomic E-state index is 13.0. The molecule has 14 heteroatoms. The monoisotopic (exact) mass is 709 g/mol. The van der Waals surface area contributed by atoms with Gasteiger partial charge < -0.3 is 23.7 Å². The average Bonchev–Trinajstić information content (AvgIpc) is 3.04. The van der Waals surface area contributed by atoms with Gasteiger partial charge in [0.15, 0.2) is 13.6 Å². The fourth-order valence-electron chi connectivity index (χ4n) is 5.91. The van der Waals surface area contributed by atoms with E-state index in [0.29, 0.717) is 25.2 Å². The van der Waals surface area contributed by atoms with Crippen LogP contribution in [0.15, 0.2) is 42.5 Å². The third-order valence-corrected chi connectivity index (χ3v) is 10.1. The topological polar surface area (TPSA) is 92.3 Å². The number of alkyl halides is 5. The van der Waals surface area contributed by atoms with Crippen molar-refractivity contribution in [2.75, 3.05) is 46.7 Å². The molecule has 0 saturated carbocycles. The van der Waals surface area contributed by atoms with Crippen LogP contribution in [0.2, 0.25) is 0 Å². The molecular formula is C34H48F5NO7S. The van der Waals surface area contributed by atoms with Gasteiger partial charge in [-0.3, -0.25) is 0 Å². The van der Waals surface area contributed by atoms with E-state index < -0.39 is 41.5 Å². The van der Waals surface area contributed by atoms with Gasteiger partial charge in [-0.05, 0) is 48.6 Å². The zero-order chi connectivity index (χ0) is 35.3. The first kappa shape index (κ1) is 39.8. The average molecular weight is 710 g/mol. The largest absolute Gasteiger partial charge is 0.492 e. The smallest absolute Gasteiger partial charge is 0.453 e. The number of hydrogen-bond donors (Lipinski definition) is 1. The summed E-state index contributed by atoms with van der Waals surface area (Å²) in [5.41, 5.74) is 1.98. The molecule has 0 aromatic heterocycles. The van der Waals surface area contributed by atoms with Crippen molar-refractivity contribution in [3.05, 3.63) is 53.6 Å². The highest BCUT2D eigenvalue weighted by Crippen LogP contribution is 2.50. The van der Waals surface area contributed by atoms with Crippen LogP contribution in [-0.4, -0.2) is 67.2 Å². The Morgan fingerprint density at radius 3 is 2.04 bits per heavy atom.